The Hall–Kier alpha value is -1.04. The lowest BCUT2D eigenvalue weighted by atomic mass is 10.2. The summed E-state index contributed by atoms with van der Waals surface area (Å²) >= 11 is 0. The number of allylic oxidation sites excluding steroid dienone is 8. The SMILES string of the molecule is [C]1=CCC=CC=CC=CCCCC1. The lowest BCUT2D eigenvalue weighted by Gasteiger charge is -1.91. The highest BCUT2D eigenvalue weighted by Gasteiger charge is 1.83. The molecule has 0 nitrogen and oxygen atoms in total. The molecule has 0 heterocycles. The fourth-order valence-electron chi connectivity index (χ4n) is 1.20. The number of rotatable bonds is 0. The average molecular weight is 173 g/mol. The molecule has 0 bridgehead atoms. The van der Waals surface area contributed by atoms with Gasteiger partial charge in [-0.15, -0.1) is 0 Å². The number of hydrogen-bond donors (Lipinski definition) is 0. The third kappa shape index (κ3) is 6.15. The highest BCUT2D eigenvalue weighted by Crippen LogP contribution is 2.02. The Morgan fingerprint density at radius 1 is 0.846 bits per heavy atom. The third-order valence-corrected chi connectivity index (χ3v) is 1.95. The van der Waals surface area contributed by atoms with Crippen molar-refractivity contribution in [1.29, 1.82) is 0 Å². The van der Waals surface area contributed by atoms with E-state index in [9.17, 15) is 0 Å². The van der Waals surface area contributed by atoms with Crippen LogP contribution >= 0.6 is 0 Å². The molecule has 0 fully saturated rings. The van der Waals surface area contributed by atoms with Crippen LogP contribution in [-0.2, 0) is 0 Å². The summed E-state index contributed by atoms with van der Waals surface area (Å²) in [6.45, 7) is 0. The second-order valence-corrected chi connectivity index (χ2v) is 3.13. The lowest BCUT2D eigenvalue weighted by molar-refractivity contribution is 0.753. The Balaban J connectivity index is 2.38. The predicted octanol–water partition coefficient (Wildman–Crippen LogP) is 3.98. The minimum atomic E-state index is 1.01. The van der Waals surface area contributed by atoms with Crippen LogP contribution in [0.5, 0.6) is 0 Å². The van der Waals surface area contributed by atoms with Gasteiger partial charge in [0.05, 0.1) is 0 Å². The molecule has 1 aliphatic carbocycles. The number of hydrogen-bond acceptors (Lipinski definition) is 0. The standard InChI is InChI=1S/C13H17/c1-2-4-6-8-10-12-13-11-9-7-5-3-1/h1-6,9H,7-8,10,12-13H2. The molecule has 1 rings (SSSR count). The lowest BCUT2D eigenvalue weighted by Crippen LogP contribution is -1.72. The van der Waals surface area contributed by atoms with E-state index in [0.29, 0.717) is 0 Å². The van der Waals surface area contributed by atoms with Crippen LogP contribution in [-0.4, -0.2) is 0 Å². The van der Waals surface area contributed by atoms with Gasteiger partial charge in [-0.25, -0.2) is 0 Å². The van der Waals surface area contributed by atoms with Crippen LogP contribution in [0.2, 0.25) is 0 Å². The van der Waals surface area contributed by atoms with Crippen molar-refractivity contribution in [2.75, 3.05) is 0 Å². The van der Waals surface area contributed by atoms with Gasteiger partial charge in [-0.3, -0.25) is 0 Å². The van der Waals surface area contributed by atoms with Crippen LogP contribution in [0.3, 0.4) is 0 Å². The first-order valence-electron chi connectivity index (χ1n) is 5.03. The molecule has 69 valence electrons. The molecule has 0 saturated carbocycles. The van der Waals surface area contributed by atoms with Gasteiger partial charge in [0.15, 0.2) is 0 Å². The van der Waals surface area contributed by atoms with E-state index in [1.54, 1.807) is 0 Å². The Bertz CT molecular complexity index is 216. The average Bonchev–Trinajstić information content (AvgIpc) is 2.18. The summed E-state index contributed by atoms with van der Waals surface area (Å²) in [7, 11) is 0. The molecule has 0 aliphatic heterocycles. The Morgan fingerprint density at radius 2 is 1.69 bits per heavy atom. The van der Waals surface area contributed by atoms with E-state index in [0.717, 1.165) is 12.8 Å². The molecule has 0 amide bonds. The molecule has 1 aliphatic rings. The fourth-order valence-corrected chi connectivity index (χ4v) is 1.20. The van der Waals surface area contributed by atoms with Gasteiger partial charge >= 0.3 is 0 Å². The van der Waals surface area contributed by atoms with Crippen molar-refractivity contribution in [2.45, 2.75) is 32.1 Å². The van der Waals surface area contributed by atoms with Crippen molar-refractivity contribution in [3.8, 4) is 0 Å². The van der Waals surface area contributed by atoms with E-state index < -0.39 is 0 Å². The normalized spacial score (nSPS) is 19.1. The van der Waals surface area contributed by atoms with Crippen LogP contribution in [0.25, 0.3) is 0 Å². The van der Waals surface area contributed by atoms with Crippen LogP contribution in [0.4, 0.5) is 0 Å². The molecule has 1 radical (unpaired) electrons. The zero-order chi connectivity index (χ0) is 9.19. The smallest absolute Gasteiger partial charge is 0.0160 e. The fraction of sp³-hybridized carbons (Fsp3) is 0.385. The van der Waals surface area contributed by atoms with E-state index in [-0.39, 0.29) is 0 Å². The molecule has 0 spiro atoms. The molecular formula is C13H17. The van der Waals surface area contributed by atoms with E-state index in [1.165, 1.54) is 19.3 Å². The van der Waals surface area contributed by atoms with Crippen LogP contribution < -0.4 is 0 Å². The zero-order valence-electron chi connectivity index (χ0n) is 8.08. The van der Waals surface area contributed by atoms with Crippen LogP contribution in [0.1, 0.15) is 32.1 Å². The third-order valence-electron chi connectivity index (χ3n) is 1.95. The maximum atomic E-state index is 3.30. The van der Waals surface area contributed by atoms with E-state index in [2.05, 4.69) is 48.6 Å². The molecule has 0 aromatic rings. The second-order valence-electron chi connectivity index (χ2n) is 3.13. The van der Waals surface area contributed by atoms with Crippen molar-refractivity contribution in [3.63, 3.8) is 0 Å². The van der Waals surface area contributed by atoms with Gasteiger partial charge in [0.1, 0.15) is 0 Å². The first kappa shape index (κ1) is 10.0. The van der Waals surface area contributed by atoms with Gasteiger partial charge in [-0.2, -0.15) is 0 Å². The summed E-state index contributed by atoms with van der Waals surface area (Å²) < 4.78 is 0. The molecule has 0 unspecified atom stereocenters. The van der Waals surface area contributed by atoms with E-state index in [4.69, 9.17) is 0 Å². The molecule has 0 heteroatoms. The minimum Gasteiger partial charge on any atom is -0.0845 e. The quantitative estimate of drug-likeness (QED) is 0.520. The molecule has 0 atom stereocenters. The molecule has 0 N–H and O–H groups in total. The molecule has 0 saturated heterocycles. The topological polar surface area (TPSA) is 0 Å². The van der Waals surface area contributed by atoms with E-state index >= 15 is 0 Å². The van der Waals surface area contributed by atoms with Crippen molar-refractivity contribution in [1.82, 2.24) is 0 Å². The first-order chi connectivity index (χ1) is 6.50. The van der Waals surface area contributed by atoms with Gasteiger partial charge in [-0.05, 0) is 38.2 Å². The van der Waals surface area contributed by atoms with Crippen molar-refractivity contribution < 1.29 is 0 Å². The zero-order valence-corrected chi connectivity index (χ0v) is 8.08. The predicted molar refractivity (Wildman–Crippen MR) is 58.3 cm³/mol. The maximum absolute atomic E-state index is 3.30. The van der Waals surface area contributed by atoms with Crippen LogP contribution in [0.15, 0.2) is 42.5 Å². The van der Waals surface area contributed by atoms with Gasteiger partial charge in [0.25, 0.3) is 0 Å². The van der Waals surface area contributed by atoms with Crippen LogP contribution in [0, 0.1) is 6.08 Å². The van der Waals surface area contributed by atoms with Crippen molar-refractivity contribution >= 4 is 0 Å². The monoisotopic (exact) mass is 173 g/mol. The van der Waals surface area contributed by atoms with Gasteiger partial charge < -0.3 is 0 Å². The largest absolute Gasteiger partial charge is 0.0845 e. The summed E-state index contributed by atoms with van der Waals surface area (Å²) in [6.07, 6.45) is 24.0. The summed E-state index contributed by atoms with van der Waals surface area (Å²) in [6, 6.07) is 0. The maximum Gasteiger partial charge on any atom is -0.0160 e. The summed E-state index contributed by atoms with van der Waals surface area (Å²) in [5.41, 5.74) is 0. The van der Waals surface area contributed by atoms with Crippen molar-refractivity contribution in [3.05, 3.63) is 48.6 Å². The Kier molecular flexibility index (Phi) is 5.87. The van der Waals surface area contributed by atoms with Gasteiger partial charge in [0, 0.05) is 0 Å². The molecule has 0 aromatic heterocycles. The highest BCUT2D eigenvalue weighted by molar-refractivity contribution is 5.11. The van der Waals surface area contributed by atoms with Gasteiger partial charge in [-0.1, -0.05) is 42.5 Å². The summed E-state index contributed by atoms with van der Waals surface area (Å²) in [5.74, 6) is 0. The minimum absolute atomic E-state index is 1.01. The second kappa shape index (κ2) is 7.60. The summed E-state index contributed by atoms with van der Waals surface area (Å²) in [5, 5.41) is 0. The highest BCUT2D eigenvalue weighted by atomic mass is 13.9. The Morgan fingerprint density at radius 3 is 2.62 bits per heavy atom. The summed E-state index contributed by atoms with van der Waals surface area (Å²) in [4.78, 5) is 0. The molecule has 0 aromatic carbocycles. The van der Waals surface area contributed by atoms with E-state index in [1.807, 2.05) is 0 Å². The molecular weight excluding hydrogens is 156 g/mol. The van der Waals surface area contributed by atoms with Crippen molar-refractivity contribution in [2.24, 2.45) is 0 Å². The molecule has 13 heavy (non-hydrogen) atoms. The first-order valence-corrected chi connectivity index (χ1v) is 5.03. The Labute approximate surface area is 81.4 Å². The van der Waals surface area contributed by atoms with Gasteiger partial charge in [0.2, 0.25) is 0 Å².